The highest BCUT2D eigenvalue weighted by molar-refractivity contribution is 5.87. The Kier molecular flexibility index (Phi) is 9.45. The van der Waals surface area contributed by atoms with E-state index in [9.17, 15) is 4.79 Å². The molecular weight excluding hydrogens is 188 g/mol. The van der Waals surface area contributed by atoms with Crippen molar-refractivity contribution < 1.29 is 19.8 Å². The van der Waals surface area contributed by atoms with E-state index in [2.05, 4.69) is 10.8 Å². The average Bonchev–Trinajstić information content (AvgIpc) is 2.20. The molecule has 0 bridgehead atoms. The van der Waals surface area contributed by atoms with Crippen LogP contribution in [0.15, 0.2) is 12.2 Å². The zero-order chi connectivity index (χ0) is 10.6. The lowest BCUT2D eigenvalue weighted by Crippen LogP contribution is -2.24. The molecule has 0 aromatic heterocycles. The monoisotopic (exact) mass is 204 g/mol. The minimum Gasteiger partial charge on any atom is -0.395 e. The molecule has 0 aliphatic carbocycles. The summed E-state index contributed by atoms with van der Waals surface area (Å²) < 4.78 is 0. The predicted octanol–water partition coefficient (Wildman–Crippen LogP) is -1.84. The Labute approximate surface area is 82.5 Å². The lowest BCUT2D eigenvalue weighted by molar-refractivity contribution is -0.116. The second kappa shape index (κ2) is 10.1. The molecule has 0 aliphatic rings. The maximum Gasteiger partial charge on any atom is 0.243 e. The third-order valence-electron chi connectivity index (χ3n) is 1.18. The summed E-state index contributed by atoms with van der Waals surface area (Å²) in [6.07, 6.45) is 2.84. The number of hydroxylamine groups is 1. The zero-order valence-electron chi connectivity index (χ0n) is 7.90. The van der Waals surface area contributed by atoms with Gasteiger partial charge in [-0.25, -0.2) is 0 Å². The summed E-state index contributed by atoms with van der Waals surface area (Å²) in [5.74, 6) is -0.273. The van der Waals surface area contributed by atoms with E-state index in [-0.39, 0.29) is 32.3 Å². The summed E-state index contributed by atoms with van der Waals surface area (Å²) in [5, 5.41) is 19.2. The van der Waals surface area contributed by atoms with Gasteiger partial charge in [0.15, 0.2) is 0 Å². The minimum absolute atomic E-state index is 0.000695. The van der Waals surface area contributed by atoms with Crippen LogP contribution < -0.4 is 10.8 Å². The third-order valence-corrected chi connectivity index (χ3v) is 1.18. The molecule has 6 heteroatoms. The van der Waals surface area contributed by atoms with Crippen molar-refractivity contribution in [3.63, 3.8) is 0 Å². The molecular formula is C8H16N2O4. The van der Waals surface area contributed by atoms with Gasteiger partial charge < -0.3 is 15.5 Å². The van der Waals surface area contributed by atoms with Crippen LogP contribution in [0.1, 0.15) is 0 Å². The number of carbonyl (C=O) groups excluding carboxylic acids is 1. The number of hydrogen-bond acceptors (Lipinski definition) is 5. The Balaban J connectivity index is 3.28. The first-order valence-electron chi connectivity index (χ1n) is 4.32. The van der Waals surface area contributed by atoms with Crippen molar-refractivity contribution in [1.82, 2.24) is 10.8 Å². The first-order chi connectivity index (χ1) is 6.81. The van der Waals surface area contributed by atoms with Crippen molar-refractivity contribution >= 4 is 5.91 Å². The van der Waals surface area contributed by atoms with Crippen LogP contribution in [0.5, 0.6) is 0 Å². The zero-order valence-corrected chi connectivity index (χ0v) is 7.90. The van der Waals surface area contributed by atoms with Gasteiger partial charge in [-0.05, 0) is 0 Å². The Bertz CT molecular complexity index is 173. The normalized spacial score (nSPS) is 10.7. The Morgan fingerprint density at radius 3 is 2.64 bits per heavy atom. The quantitative estimate of drug-likeness (QED) is 0.212. The van der Waals surface area contributed by atoms with Crippen LogP contribution in [0.4, 0.5) is 0 Å². The minimum atomic E-state index is -0.273. The summed E-state index contributed by atoms with van der Waals surface area (Å²) in [5.41, 5.74) is 2.48. The highest BCUT2D eigenvalue weighted by atomic mass is 16.6. The molecule has 14 heavy (non-hydrogen) atoms. The van der Waals surface area contributed by atoms with Crippen LogP contribution in [0.3, 0.4) is 0 Å². The second-order valence-electron chi connectivity index (χ2n) is 2.35. The van der Waals surface area contributed by atoms with Crippen molar-refractivity contribution in [3.05, 3.63) is 12.2 Å². The smallest absolute Gasteiger partial charge is 0.243 e. The number of aliphatic hydroxyl groups excluding tert-OH is 2. The third kappa shape index (κ3) is 9.14. The molecule has 0 aliphatic heterocycles. The molecule has 0 unspecified atom stereocenters. The standard InChI is InChI=1S/C8H16N2O4/c11-5-3-9-8(13)2-1-7-14-10-4-6-12/h1-2,10-12H,3-7H2,(H,9,13)/b2-1-. The van der Waals surface area contributed by atoms with E-state index < -0.39 is 0 Å². The fourth-order valence-corrected chi connectivity index (χ4v) is 0.618. The van der Waals surface area contributed by atoms with Crippen LogP contribution in [0.25, 0.3) is 0 Å². The van der Waals surface area contributed by atoms with Gasteiger partial charge in [-0.15, -0.1) is 0 Å². The van der Waals surface area contributed by atoms with Gasteiger partial charge in [0.25, 0.3) is 0 Å². The van der Waals surface area contributed by atoms with E-state index in [1.54, 1.807) is 0 Å². The Morgan fingerprint density at radius 2 is 2.00 bits per heavy atom. The van der Waals surface area contributed by atoms with Gasteiger partial charge >= 0.3 is 0 Å². The molecule has 0 saturated carbocycles. The summed E-state index contributed by atoms with van der Waals surface area (Å²) in [6.45, 7) is 0.763. The topological polar surface area (TPSA) is 90.8 Å². The molecule has 0 heterocycles. The number of rotatable bonds is 8. The van der Waals surface area contributed by atoms with Crippen LogP contribution in [-0.4, -0.2) is 49.0 Å². The number of carbonyl (C=O) groups is 1. The molecule has 0 spiro atoms. The van der Waals surface area contributed by atoms with Crippen molar-refractivity contribution in [3.8, 4) is 0 Å². The fourth-order valence-electron chi connectivity index (χ4n) is 0.618. The molecule has 0 rings (SSSR count). The van der Waals surface area contributed by atoms with Crippen LogP contribution in [-0.2, 0) is 9.63 Å². The van der Waals surface area contributed by atoms with Gasteiger partial charge in [-0.3, -0.25) is 9.63 Å². The predicted molar refractivity (Wildman–Crippen MR) is 50.3 cm³/mol. The van der Waals surface area contributed by atoms with Gasteiger partial charge in [-0.1, -0.05) is 6.08 Å². The molecule has 0 radical (unpaired) electrons. The number of aliphatic hydroxyl groups is 2. The van der Waals surface area contributed by atoms with Crippen LogP contribution in [0, 0.1) is 0 Å². The van der Waals surface area contributed by atoms with Crippen molar-refractivity contribution in [2.24, 2.45) is 0 Å². The maximum atomic E-state index is 10.9. The van der Waals surface area contributed by atoms with Gasteiger partial charge in [0.2, 0.25) is 5.91 Å². The highest BCUT2D eigenvalue weighted by Gasteiger charge is 1.91. The molecule has 0 aromatic rings. The lowest BCUT2D eigenvalue weighted by atomic mass is 10.5. The van der Waals surface area contributed by atoms with Gasteiger partial charge in [0, 0.05) is 19.2 Å². The summed E-state index contributed by atoms with van der Waals surface area (Å²) in [6, 6.07) is 0. The number of amides is 1. The molecule has 82 valence electrons. The first-order valence-corrected chi connectivity index (χ1v) is 4.32. The Hall–Kier alpha value is -0.950. The van der Waals surface area contributed by atoms with Crippen molar-refractivity contribution in [1.29, 1.82) is 0 Å². The number of hydrogen-bond donors (Lipinski definition) is 4. The van der Waals surface area contributed by atoms with E-state index >= 15 is 0 Å². The molecule has 6 nitrogen and oxygen atoms in total. The van der Waals surface area contributed by atoms with Gasteiger partial charge in [-0.2, -0.15) is 5.48 Å². The summed E-state index contributed by atoms with van der Waals surface area (Å²) in [7, 11) is 0. The van der Waals surface area contributed by atoms with E-state index in [1.165, 1.54) is 12.2 Å². The lowest BCUT2D eigenvalue weighted by Gasteiger charge is -2.00. The average molecular weight is 204 g/mol. The molecule has 0 saturated heterocycles. The number of nitrogens with one attached hydrogen (secondary N) is 2. The summed E-state index contributed by atoms with van der Waals surface area (Å²) >= 11 is 0. The molecule has 4 N–H and O–H groups in total. The SMILES string of the molecule is O=C(/C=C\CONCCO)NCCO. The second-order valence-corrected chi connectivity index (χ2v) is 2.35. The van der Waals surface area contributed by atoms with E-state index in [1.807, 2.05) is 0 Å². The van der Waals surface area contributed by atoms with Gasteiger partial charge in [0.05, 0.1) is 19.8 Å². The fraction of sp³-hybridized carbons (Fsp3) is 0.625. The molecule has 0 atom stereocenters. The van der Waals surface area contributed by atoms with E-state index in [0.717, 1.165) is 0 Å². The largest absolute Gasteiger partial charge is 0.395 e. The first kappa shape index (κ1) is 13.1. The molecule has 0 aromatic carbocycles. The van der Waals surface area contributed by atoms with Crippen molar-refractivity contribution in [2.75, 3.05) is 32.9 Å². The van der Waals surface area contributed by atoms with Crippen LogP contribution in [0.2, 0.25) is 0 Å². The van der Waals surface area contributed by atoms with Gasteiger partial charge in [0.1, 0.15) is 0 Å². The summed E-state index contributed by atoms with van der Waals surface area (Å²) in [4.78, 5) is 15.7. The van der Waals surface area contributed by atoms with E-state index in [4.69, 9.17) is 15.1 Å². The maximum absolute atomic E-state index is 10.9. The van der Waals surface area contributed by atoms with Crippen LogP contribution >= 0.6 is 0 Å². The highest BCUT2D eigenvalue weighted by Crippen LogP contribution is 1.75. The molecule has 0 fully saturated rings. The Morgan fingerprint density at radius 1 is 1.29 bits per heavy atom. The van der Waals surface area contributed by atoms with Crippen molar-refractivity contribution in [2.45, 2.75) is 0 Å². The van der Waals surface area contributed by atoms with E-state index in [0.29, 0.717) is 6.54 Å². The molecule has 1 amide bonds.